The van der Waals surface area contributed by atoms with E-state index in [1.165, 1.54) is 0 Å². The van der Waals surface area contributed by atoms with Crippen LogP contribution in [-0.4, -0.2) is 12.5 Å². The molecule has 0 atom stereocenters. The average molecular weight is 272 g/mol. The highest BCUT2D eigenvalue weighted by Crippen LogP contribution is 2.30. The molecule has 2 nitrogen and oxygen atoms in total. The summed E-state index contributed by atoms with van der Waals surface area (Å²) in [6, 6.07) is 17.6. The monoisotopic (exact) mass is 271 g/mol. The average Bonchev–Trinajstić information content (AvgIpc) is 2.48. The van der Waals surface area contributed by atoms with Crippen LogP contribution < -0.4 is 4.74 Å². The van der Waals surface area contributed by atoms with Crippen LogP contribution in [-0.2, 0) is 0 Å². The number of benzene rings is 2. The predicted octanol–water partition coefficient (Wildman–Crippen LogP) is 4.23. The molecule has 0 amide bonds. The molecule has 0 unspecified atom stereocenters. The van der Waals surface area contributed by atoms with Crippen LogP contribution in [0.2, 0.25) is 0 Å². The van der Waals surface area contributed by atoms with E-state index in [9.17, 15) is 0 Å². The van der Waals surface area contributed by atoms with E-state index in [-0.39, 0.29) is 0 Å². The summed E-state index contributed by atoms with van der Waals surface area (Å²) in [4.78, 5) is 0. The van der Waals surface area contributed by atoms with Crippen molar-refractivity contribution in [3.05, 3.63) is 54.1 Å². The van der Waals surface area contributed by atoms with E-state index in [1.54, 1.807) is 12.1 Å². The SMILES string of the molecule is N#Cc1ccc(-c2ccccc2)c(OCCCCl)c1. The van der Waals surface area contributed by atoms with E-state index in [0.717, 1.165) is 23.3 Å². The van der Waals surface area contributed by atoms with Gasteiger partial charge in [0.05, 0.1) is 18.2 Å². The summed E-state index contributed by atoms with van der Waals surface area (Å²) >= 11 is 5.65. The van der Waals surface area contributed by atoms with Gasteiger partial charge in [-0.25, -0.2) is 0 Å². The summed E-state index contributed by atoms with van der Waals surface area (Å²) in [6.07, 6.45) is 0.784. The number of halogens is 1. The molecule has 0 N–H and O–H groups in total. The Kier molecular flexibility index (Phi) is 4.83. The molecule has 2 aromatic rings. The molecule has 2 aromatic carbocycles. The molecule has 0 aliphatic carbocycles. The Labute approximate surface area is 118 Å². The van der Waals surface area contributed by atoms with Crippen LogP contribution >= 0.6 is 11.6 Å². The number of hydrogen-bond acceptors (Lipinski definition) is 2. The van der Waals surface area contributed by atoms with E-state index < -0.39 is 0 Å². The maximum absolute atomic E-state index is 8.97. The molecule has 0 bridgehead atoms. The van der Waals surface area contributed by atoms with Crippen LogP contribution in [0.5, 0.6) is 5.75 Å². The standard InChI is InChI=1S/C16H14ClNO/c17-9-4-10-19-16-11-13(12-18)7-8-15(16)14-5-2-1-3-6-14/h1-3,5-8,11H,4,9-10H2. The third-order valence-corrected chi connectivity index (χ3v) is 3.00. The number of alkyl halides is 1. The first-order valence-electron chi connectivity index (χ1n) is 6.13. The molecule has 0 fully saturated rings. The second-order valence-electron chi connectivity index (χ2n) is 4.08. The maximum Gasteiger partial charge on any atom is 0.128 e. The molecular weight excluding hydrogens is 258 g/mol. The summed E-state index contributed by atoms with van der Waals surface area (Å²) < 4.78 is 5.74. The van der Waals surface area contributed by atoms with Crippen LogP contribution in [0.15, 0.2) is 48.5 Å². The van der Waals surface area contributed by atoms with Crippen molar-refractivity contribution >= 4 is 11.6 Å². The van der Waals surface area contributed by atoms with Crippen molar-refractivity contribution in [3.63, 3.8) is 0 Å². The minimum atomic E-state index is 0.554. The van der Waals surface area contributed by atoms with Crippen molar-refractivity contribution in [2.45, 2.75) is 6.42 Å². The summed E-state index contributed by atoms with van der Waals surface area (Å²) in [7, 11) is 0. The lowest BCUT2D eigenvalue weighted by Gasteiger charge is -2.11. The van der Waals surface area contributed by atoms with E-state index >= 15 is 0 Å². The highest BCUT2D eigenvalue weighted by atomic mass is 35.5. The third kappa shape index (κ3) is 3.49. The van der Waals surface area contributed by atoms with Crippen LogP contribution in [0.3, 0.4) is 0 Å². The summed E-state index contributed by atoms with van der Waals surface area (Å²) in [5.74, 6) is 1.30. The van der Waals surface area contributed by atoms with Gasteiger partial charge in [0.25, 0.3) is 0 Å². The second-order valence-corrected chi connectivity index (χ2v) is 4.46. The van der Waals surface area contributed by atoms with E-state index in [1.807, 2.05) is 36.4 Å². The van der Waals surface area contributed by atoms with Gasteiger partial charge in [-0.05, 0) is 30.2 Å². The predicted molar refractivity (Wildman–Crippen MR) is 77.4 cm³/mol. The Morgan fingerprint density at radius 3 is 2.58 bits per heavy atom. The van der Waals surface area contributed by atoms with Crippen LogP contribution in [0.25, 0.3) is 11.1 Å². The quantitative estimate of drug-likeness (QED) is 0.602. The lowest BCUT2D eigenvalue weighted by Crippen LogP contribution is -1.99. The summed E-state index contributed by atoms with van der Waals surface area (Å²) in [5, 5.41) is 8.97. The molecule has 0 saturated carbocycles. The fourth-order valence-corrected chi connectivity index (χ4v) is 1.91. The van der Waals surface area contributed by atoms with Gasteiger partial charge in [0, 0.05) is 11.4 Å². The van der Waals surface area contributed by atoms with Crippen molar-refractivity contribution in [2.75, 3.05) is 12.5 Å². The van der Waals surface area contributed by atoms with Gasteiger partial charge in [0.2, 0.25) is 0 Å². The second kappa shape index (κ2) is 6.82. The number of hydrogen-bond donors (Lipinski definition) is 0. The van der Waals surface area contributed by atoms with E-state index in [4.69, 9.17) is 21.6 Å². The van der Waals surface area contributed by atoms with Crippen molar-refractivity contribution in [1.29, 1.82) is 5.26 Å². The number of ether oxygens (including phenoxy) is 1. The van der Waals surface area contributed by atoms with Gasteiger partial charge in [0.15, 0.2) is 0 Å². The maximum atomic E-state index is 8.97. The van der Waals surface area contributed by atoms with Crippen molar-refractivity contribution in [2.24, 2.45) is 0 Å². The van der Waals surface area contributed by atoms with Crippen LogP contribution in [0, 0.1) is 11.3 Å². The van der Waals surface area contributed by atoms with E-state index in [0.29, 0.717) is 18.1 Å². The molecule has 2 rings (SSSR count). The molecule has 0 saturated heterocycles. The van der Waals surface area contributed by atoms with E-state index in [2.05, 4.69) is 6.07 Å². The zero-order valence-corrected chi connectivity index (χ0v) is 11.2. The zero-order valence-electron chi connectivity index (χ0n) is 10.5. The highest BCUT2D eigenvalue weighted by molar-refractivity contribution is 6.17. The first kappa shape index (κ1) is 13.5. The number of rotatable bonds is 5. The van der Waals surface area contributed by atoms with Crippen molar-refractivity contribution in [1.82, 2.24) is 0 Å². The topological polar surface area (TPSA) is 33.0 Å². The highest BCUT2D eigenvalue weighted by Gasteiger charge is 2.07. The summed E-state index contributed by atoms with van der Waals surface area (Å²) in [5.41, 5.74) is 2.67. The minimum Gasteiger partial charge on any atom is -0.493 e. The normalized spacial score (nSPS) is 9.89. The Morgan fingerprint density at radius 2 is 1.89 bits per heavy atom. The zero-order chi connectivity index (χ0) is 13.5. The van der Waals surface area contributed by atoms with Gasteiger partial charge in [-0.2, -0.15) is 5.26 Å². The molecule has 3 heteroatoms. The van der Waals surface area contributed by atoms with Crippen molar-refractivity contribution < 1.29 is 4.74 Å². The molecule has 96 valence electrons. The Hall–Kier alpha value is -1.98. The largest absolute Gasteiger partial charge is 0.493 e. The molecular formula is C16H14ClNO. The fourth-order valence-electron chi connectivity index (χ4n) is 1.80. The van der Waals surface area contributed by atoms with Crippen molar-refractivity contribution in [3.8, 4) is 22.9 Å². The first-order valence-corrected chi connectivity index (χ1v) is 6.67. The Balaban J connectivity index is 2.34. The lowest BCUT2D eigenvalue weighted by atomic mass is 10.0. The molecule has 0 aromatic heterocycles. The van der Waals surface area contributed by atoms with Gasteiger partial charge < -0.3 is 4.74 Å². The third-order valence-electron chi connectivity index (χ3n) is 2.73. The van der Waals surface area contributed by atoms with Gasteiger partial charge in [-0.1, -0.05) is 30.3 Å². The number of nitriles is 1. The lowest BCUT2D eigenvalue weighted by molar-refractivity contribution is 0.319. The number of nitrogens with zero attached hydrogens (tertiary/aromatic N) is 1. The van der Waals surface area contributed by atoms with Crippen LogP contribution in [0.1, 0.15) is 12.0 Å². The summed E-state index contributed by atoms with van der Waals surface area (Å²) in [6.45, 7) is 0.554. The Bertz CT molecular complexity index is 575. The fraction of sp³-hybridized carbons (Fsp3) is 0.188. The molecule has 0 heterocycles. The van der Waals surface area contributed by atoms with Crippen LogP contribution in [0.4, 0.5) is 0 Å². The molecule has 19 heavy (non-hydrogen) atoms. The minimum absolute atomic E-state index is 0.554. The van der Waals surface area contributed by atoms with Gasteiger partial charge >= 0.3 is 0 Å². The smallest absolute Gasteiger partial charge is 0.128 e. The van der Waals surface area contributed by atoms with Gasteiger partial charge in [0.1, 0.15) is 5.75 Å². The molecule has 0 aliphatic rings. The molecule has 0 radical (unpaired) electrons. The molecule has 0 aliphatic heterocycles. The Morgan fingerprint density at radius 1 is 1.11 bits per heavy atom. The van der Waals surface area contributed by atoms with Gasteiger partial charge in [-0.15, -0.1) is 11.6 Å². The first-order chi connectivity index (χ1) is 9.35. The molecule has 0 spiro atoms. The van der Waals surface area contributed by atoms with Gasteiger partial charge in [-0.3, -0.25) is 0 Å².